The Kier molecular flexibility index (Phi) is 4.58. The molecule has 1 rings (SSSR count). The monoisotopic (exact) mass is 317 g/mol. The van der Waals surface area contributed by atoms with Crippen LogP contribution in [0.4, 0.5) is 23.2 Å². The third-order valence-electron chi connectivity index (χ3n) is 1.59. The summed E-state index contributed by atoms with van der Waals surface area (Å²) in [6.45, 7) is -2.06. The maximum atomic E-state index is 12.8. The van der Waals surface area contributed by atoms with Gasteiger partial charge in [-0.05, 0) is 22.0 Å². The third-order valence-corrected chi connectivity index (χ3v) is 2.18. The lowest BCUT2D eigenvalue weighted by Gasteiger charge is -2.12. The first-order valence-electron chi connectivity index (χ1n) is 4.31. The second-order valence-electron chi connectivity index (χ2n) is 3.03. The van der Waals surface area contributed by atoms with E-state index in [4.69, 9.17) is 10.5 Å². The highest BCUT2D eigenvalue weighted by Crippen LogP contribution is 2.32. The maximum absolute atomic E-state index is 12.8. The van der Waals surface area contributed by atoms with Crippen molar-refractivity contribution < 1.29 is 27.0 Å². The molecule has 0 atom stereocenters. The van der Waals surface area contributed by atoms with Gasteiger partial charge < -0.3 is 15.2 Å². The number of benzene rings is 1. The highest BCUT2D eigenvalue weighted by molar-refractivity contribution is 9.10. The van der Waals surface area contributed by atoms with Crippen LogP contribution < -0.4 is 10.5 Å². The molecule has 0 bridgehead atoms. The van der Waals surface area contributed by atoms with Crippen molar-refractivity contribution in [3.8, 4) is 5.75 Å². The first-order chi connectivity index (χ1) is 7.79. The average Bonchev–Trinajstić information content (AvgIpc) is 2.13. The lowest BCUT2D eigenvalue weighted by atomic mass is 10.3. The smallest absolute Gasteiger partial charge is 0.411 e. The normalized spacial score (nSPS) is 11.6. The van der Waals surface area contributed by atoms with Crippen LogP contribution in [0.2, 0.25) is 0 Å². The minimum absolute atomic E-state index is 0.0347. The van der Waals surface area contributed by atoms with Crippen LogP contribution in [0, 0.1) is 5.82 Å². The zero-order valence-electron chi connectivity index (χ0n) is 8.35. The fraction of sp³-hybridized carbons (Fsp3) is 0.333. The summed E-state index contributed by atoms with van der Waals surface area (Å²) in [5.41, 5.74) is 5.38. The molecule has 2 N–H and O–H groups in total. The van der Waals surface area contributed by atoms with E-state index in [-0.39, 0.29) is 15.9 Å². The second-order valence-corrected chi connectivity index (χ2v) is 3.89. The molecule has 0 saturated heterocycles. The van der Waals surface area contributed by atoms with Crippen molar-refractivity contribution in [1.82, 2.24) is 0 Å². The summed E-state index contributed by atoms with van der Waals surface area (Å²) in [6, 6.07) is 2.07. The molecule has 0 amide bonds. The van der Waals surface area contributed by atoms with Gasteiger partial charge in [0.25, 0.3) is 0 Å². The number of ether oxygens (including phenoxy) is 2. The van der Waals surface area contributed by atoms with Gasteiger partial charge >= 0.3 is 6.18 Å². The summed E-state index contributed by atoms with van der Waals surface area (Å²) < 4.78 is 57.3. The van der Waals surface area contributed by atoms with Crippen LogP contribution >= 0.6 is 15.9 Å². The first kappa shape index (κ1) is 14.0. The number of nitrogen functional groups attached to an aromatic ring is 1. The minimum Gasteiger partial charge on any atom is -0.464 e. The zero-order chi connectivity index (χ0) is 13.1. The second kappa shape index (κ2) is 5.54. The predicted molar refractivity (Wildman–Crippen MR) is 56.0 cm³/mol. The highest BCUT2D eigenvalue weighted by Gasteiger charge is 2.27. The van der Waals surface area contributed by atoms with Crippen molar-refractivity contribution in [2.75, 3.05) is 19.1 Å². The number of rotatable bonds is 4. The van der Waals surface area contributed by atoms with E-state index in [0.29, 0.717) is 0 Å². The SMILES string of the molecule is Nc1cc(F)cc(Br)c1OCOCC(F)(F)F. The van der Waals surface area contributed by atoms with E-state index >= 15 is 0 Å². The van der Waals surface area contributed by atoms with E-state index in [9.17, 15) is 17.6 Å². The van der Waals surface area contributed by atoms with Gasteiger partial charge in [0.1, 0.15) is 12.4 Å². The van der Waals surface area contributed by atoms with Crippen molar-refractivity contribution in [2.45, 2.75) is 6.18 Å². The molecule has 0 unspecified atom stereocenters. The third kappa shape index (κ3) is 4.78. The van der Waals surface area contributed by atoms with E-state index in [1.165, 1.54) is 0 Å². The molecule has 0 aliphatic rings. The number of hydrogen-bond donors (Lipinski definition) is 1. The summed E-state index contributed by atoms with van der Waals surface area (Å²) in [6.07, 6.45) is -4.42. The van der Waals surface area contributed by atoms with Gasteiger partial charge in [0, 0.05) is 6.07 Å². The molecule has 1 aromatic rings. The molecular weight excluding hydrogens is 310 g/mol. The lowest BCUT2D eigenvalue weighted by molar-refractivity contribution is -0.186. The van der Waals surface area contributed by atoms with Gasteiger partial charge in [-0.25, -0.2) is 4.39 Å². The van der Waals surface area contributed by atoms with E-state index < -0.39 is 25.4 Å². The van der Waals surface area contributed by atoms with Crippen LogP contribution in [0.1, 0.15) is 0 Å². The number of anilines is 1. The summed E-state index contributed by atoms with van der Waals surface area (Å²) >= 11 is 2.97. The molecule has 0 spiro atoms. The molecule has 1 aromatic carbocycles. The van der Waals surface area contributed by atoms with Crippen molar-refractivity contribution in [3.05, 3.63) is 22.4 Å². The van der Waals surface area contributed by atoms with Gasteiger partial charge in [0.2, 0.25) is 0 Å². The number of halogens is 5. The van der Waals surface area contributed by atoms with Crippen LogP contribution in [-0.2, 0) is 4.74 Å². The molecule has 0 heterocycles. The number of nitrogens with two attached hydrogens (primary N) is 1. The Bertz CT molecular complexity index is 374. The molecular formula is C9H8BrF4NO2. The van der Waals surface area contributed by atoms with Crippen LogP contribution in [0.25, 0.3) is 0 Å². The molecule has 0 radical (unpaired) electrons. The summed E-state index contributed by atoms with van der Waals surface area (Å²) in [5.74, 6) is -0.550. The van der Waals surface area contributed by atoms with Gasteiger partial charge in [-0.3, -0.25) is 0 Å². The van der Waals surface area contributed by atoms with E-state index in [0.717, 1.165) is 12.1 Å². The zero-order valence-corrected chi connectivity index (χ0v) is 9.94. The van der Waals surface area contributed by atoms with Crippen LogP contribution in [-0.4, -0.2) is 19.6 Å². The van der Waals surface area contributed by atoms with Crippen LogP contribution in [0.5, 0.6) is 5.75 Å². The molecule has 0 aliphatic heterocycles. The first-order valence-corrected chi connectivity index (χ1v) is 5.10. The molecule has 0 fully saturated rings. The Morgan fingerprint density at radius 3 is 2.47 bits per heavy atom. The van der Waals surface area contributed by atoms with Crippen molar-refractivity contribution in [1.29, 1.82) is 0 Å². The van der Waals surface area contributed by atoms with Crippen LogP contribution in [0.3, 0.4) is 0 Å². The highest BCUT2D eigenvalue weighted by atomic mass is 79.9. The van der Waals surface area contributed by atoms with Gasteiger partial charge in [-0.15, -0.1) is 0 Å². The minimum atomic E-state index is -4.42. The molecule has 3 nitrogen and oxygen atoms in total. The maximum Gasteiger partial charge on any atom is 0.411 e. The molecule has 0 aliphatic carbocycles. The van der Waals surface area contributed by atoms with Gasteiger partial charge in [-0.2, -0.15) is 13.2 Å². The summed E-state index contributed by atoms with van der Waals surface area (Å²) in [4.78, 5) is 0. The standard InChI is InChI=1S/C9H8BrF4NO2/c10-6-1-5(11)2-7(15)8(6)17-4-16-3-9(12,13)14/h1-2H,3-4,15H2. The predicted octanol–water partition coefficient (Wildman–Crippen LogP) is 3.09. The van der Waals surface area contributed by atoms with Crippen molar-refractivity contribution in [2.24, 2.45) is 0 Å². The average molecular weight is 318 g/mol. The van der Waals surface area contributed by atoms with E-state index in [1.54, 1.807) is 0 Å². The van der Waals surface area contributed by atoms with Crippen molar-refractivity contribution in [3.63, 3.8) is 0 Å². The fourth-order valence-electron chi connectivity index (χ4n) is 0.991. The number of hydrogen-bond acceptors (Lipinski definition) is 3. The van der Waals surface area contributed by atoms with E-state index in [1.807, 2.05) is 0 Å². The topological polar surface area (TPSA) is 44.5 Å². The van der Waals surface area contributed by atoms with Gasteiger partial charge in [-0.1, -0.05) is 0 Å². The Labute approximate surface area is 103 Å². The Morgan fingerprint density at radius 2 is 1.94 bits per heavy atom. The largest absolute Gasteiger partial charge is 0.464 e. The molecule has 0 aromatic heterocycles. The van der Waals surface area contributed by atoms with Gasteiger partial charge in [0.05, 0.1) is 10.2 Å². The molecule has 0 saturated carbocycles. The Morgan fingerprint density at radius 1 is 1.29 bits per heavy atom. The molecule has 17 heavy (non-hydrogen) atoms. The van der Waals surface area contributed by atoms with Crippen molar-refractivity contribution >= 4 is 21.6 Å². The Hall–Kier alpha value is -1.02. The molecule has 96 valence electrons. The van der Waals surface area contributed by atoms with Gasteiger partial charge in [0.15, 0.2) is 12.5 Å². The Balaban J connectivity index is 2.53. The summed E-state index contributed by atoms with van der Waals surface area (Å²) in [7, 11) is 0. The lowest BCUT2D eigenvalue weighted by Crippen LogP contribution is -2.19. The van der Waals surface area contributed by atoms with Crippen LogP contribution in [0.15, 0.2) is 16.6 Å². The summed E-state index contributed by atoms with van der Waals surface area (Å²) in [5, 5.41) is 0. The molecule has 8 heteroatoms. The number of alkyl halides is 3. The fourth-order valence-corrected chi connectivity index (χ4v) is 1.55. The quantitative estimate of drug-likeness (QED) is 0.402. The van der Waals surface area contributed by atoms with E-state index in [2.05, 4.69) is 20.7 Å².